The Bertz CT molecular complexity index is 1020. The molecule has 0 saturated heterocycles. The quantitative estimate of drug-likeness (QED) is 0.557. The van der Waals surface area contributed by atoms with Crippen molar-refractivity contribution >= 4 is 27.6 Å². The first-order chi connectivity index (χ1) is 13.5. The largest absolute Gasteiger partial charge is 0.466 e. The highest BCUT2D eigenvalue weighted by molar-refractivity contribution is 7.89. The first-order valence-electron chi connectivity index (χ1n) is 8.82. The molecule has 0 aromatic heterocycles. The number of rotatable bonds is 6. The van der Waals surface area contributed by atoms with Gasteiger partial charge in [-0.3, -0.25) is 4.79 Å². The van der Waals surface area contributed by atoms with Gasteiger partial charge in [0.15, 0.2) is 0 Å². The Morgan fingerprint density at radius 1 is 0.966 bits per heavy atom. The van der Waals surface area contributed by atoms with Crippen molar-refractivity contribution in [1.82, 2.24) is 4.72 Å². The fraction of sp³-hybridized carbons (Fsp3) is 0.238. The van der Waals surface area contributed by atoms with Crippen molar-refractivity contribution in [3.05, 3.63) is 60.7 Å². The lowest BCUT2D eigenvalue weighted by Gasteiger charge is -2.21. The maximum Gasteiger partial charge on any atom is 0.330 e. The van der Waals surface area contributed by atoms with Crippen LogP contribution in [0.3, 0.4) is 0 Å². The summed E-state index contributed by atoms with van der Waals surface area (Å²) < 4.78 is 32.7. The average Bonchev–Trinajstić information content (AvgIpc) is 2.65. The predicted molar refractivity (Wildman–Crippen MR) is 112 cm³/mol. The molecule has 0 aliphatic carbocycles. The predicted octanol–water partition coefficient (Wildman–Crippen LogP) is 3.10. The molecule has 2 aromatic carbocycles. The van der Waals surface area contributed by atoms with Crippen molar-refractivity contribution in [3.8, 4) is 11.1 Å². The minimum absolute atomic E-state index is 0.174. The minimum Gasteiger partial charge on any atom is -0.466 e. The molecule has 0 unspecified atom stereocenters. The number of carbonyl (C=O) groups excluding carboxylic acids is 2. The highest BCUT2D eigenvalue weighted by atomic mass is 32.2. The van der Waals surface area contributed by atoms with E-state index < -0.39 is 27.4 Å². The SMILES string of the molecule is COC(=O)/C=C\C(=O)Nc1ccc(-c2ccccc2S(=O)(=O)NC(C)(C)C)cc1. The maximum atomic E-state index is 12.8. The van der Waals surface area contributed by atoms with Crippen LogP contribution >= 0.6 is 0 Å². The molecule has 8 heteroatoms. The topological polar surface area (TPSA) is 102 Å². The van der Waals surface area contributed by atoms with E-state index in [1.807, 2.05) is 0 Å². The van der Waals surface area contributed by atoms with E-state index in [9.17, 15) is 18.0 Å². The molecular formula is C21H24N2O5S. The van der Waals surface area contributed by atoms with E-state index >= 15 is 0 Å². The van der Waals surface area contributed by atoms with Crippen LogP contribution in [-0.2, 0) is 24.3 Å². The second-order valence-electron chi connectivity index (χ2n) is 7.27. The second kappa shape index (κ2) is 9.02. The van der Waals surface area contributed by atoms with E-state index in [1.165, 1.54) is 7.11 Å². The van der Waals surface area contributed by atoms with Gasteiger partial charge in [0.25, 0.3) is 0 Å². The standard InChI is InChI=1S/C21H24N2O5S/c1-21(2,3)23-29(26,27)18-8-6-5-7-17(18)15-9-11-16(12-10-15)22-19(24)13-14-20(25)28-4/h5-14,23H,1-4H3,(H,22,24)/b14-13-. The zero-order valence-electron chi connectivity index (χ0n) is 16.7. The van der Waals surface area contributed by atoms with Crippen molar-refractivity contribution in [3.63, 3.8) is 0 Å². The molecule has 2 aromatic rings. The lowest BCUT2D eigenvalue weighted by atomic mass is 10.1. The molecule has 29 heavy (non-hydrogen) atoms. The summed E-state index contributed by atoms with van der Waals surface area (Å²) in [6.07, 6.45) is 2.09. The molecule has 0 bridgehead atoms. The van der Waals surface area contributed by atoms with Crippen LogP contribution in [-0.4, -0.2) is 32.9 Å². The summed E-state index contributed by atoms with van der Waals surface area (Å²) in [6, 6.07) is 13.4. The van der Waals surface area contributed by atoms with Gasteiger partial charge in [0.2, 0.25) is 15.9 Å². The number of esters is 1. The Balaban J connectivity index is 2.26. The number of carbonyl (C=O) groups is 2. The van der Waals surface area contributed by atoms with Crippen LogP contribution in [0.5, 0.6) is 0 Å². The van der Waals surface area contributed by atoms with Crippen LogP contribution in [0.25, 0.3) is 11.1 Å². The summed E-state index contributed by atoms with van der Waals surface area (Å²) in [7, 11) is -2.50. The van der Waals surface area contributed by atoms with Crippen LogP contribution in [0.4, 0.5) is 5.69 Å². The third kappa shape index (κ3) is 6.55. The monoisotopic (exact) mass is 416 g/mol. The molecule has 1 amide bonds. The van der Waals surface area contributed by atoms with Gasteiger partial charge in [-0.1, -0.05) is 30.3 Å². The number of anilines is 1. The normalized spacial score (nSPS) is 12.0. The average molecular weight is 416 g/mol. The van der Waals surface area contributed by atoms with Crippen molar-refractivity contribution in [2.75, 3.05) is 12.4 Å². The molecule has 7 nitrogen and oxygen atoms in total. The number of hydrogen-bond acceptors (Lipinski definition) is 5. The summed E-state index contributed by atoms with van der Waals surface area (Å²) in [4.78, 5) is 23.0. The van der Waals surface area contributed by atoms with E-state index in [2.05, 4.69) is 14.8 Å². The van der Waals surface area contributed by atoms with Crippen LogP contribution in [0.2, 0.25) is 0 Å². The molecule has 0 radical (unpaired) electrons. The van der Waals surface area contributed by atoms with Gasteiger partial charge in [-0.25, -0.2) is 17.9 Å². The number of ether oxygens (including phenoxy) is 1. The van der Waals surface area contributed by atoms with Crippen molar-refractivity contribution < 1.29 is 22.7 Å². The van der Waals surface area contributed by atoms with E-state index in [0.29, 0.717) is 16.8 Å². The lowest BCUT2D eigenvalue weighted by Crippen LogP contribution is -2.40. The number of nitrogens with one attached hydrogen (secondary N) is 2. The molecule has 0 atom stereocenters. The van der Waals surface area contributed by atoms with Crippen molar-refractivity contribution in [2.45, 2.75) is 31.2 Å². The Hall–Kier alpha value is -2.97. The third-order valence-electron chi connectivity index (χ3n) is 3.65. The third-order valence-corrected chi connectivity index (χ3v) is 5.47. The Morgan fingerprint density at radius 2 is 1.59 bits per heavy atom. The number of amides is 1. The van der Waals surface area contributed by atoms with Crippen LogP contribution in [0.15, 0.2) is 65.6 Å². The number of methoxy groups -OCH3 is 1. The van der Waals surface area contributed by atoms with Crippen LogP contribution in [0.1, 0.15) is 20.8 Å². The number of benzene rings is 2. The molecule has 0 heterocycles. The summed E-state index contributed by atoms with van der Waals surface area (Å²) in [5, 5.41) is 2.61. The summed E-state index contributed by atoms with van der Waals surface area (Å²) in [5.74, 6) is -1.11. The van der Waals surface area contributed by atoms with Gasteiger partial charge in [0.1, 0.15) is 0 Å². The summed E-state index contributed by atoms with van der Waals surface area (Å²) >= 11 is 0. The van der Waals surface area contributed by atoms with Crippen molar-refractivity contribution in [2.24, 2.45) is 0 Å². The smallest absolute Gasteiger partial charge is 0.330 e. The molecule has 2 rings (SSSR count). The van der Waals surface area contributed by atoms with Gasteiger partial charge in [-0.05, 0) is 44.5 Å². The lowest BCUT2D eigenvalue weighted by molar-refractivity contribution is -0.135. The van der Waals surface area contributed by atoms with Gasteiger partial charge >= 0.3 is 5.97 Å². The molecular weight excluding hydrogens is 392 g/mol. The van der Waals surface area contributed by atoms with Crippen molar-refractivity contribution in [1.29, 1.82) is 0 Å². The first-order valence-corrected chi connectivity index (χ1v) is 10.3. The zero-order chi connectivity index (χ0) is 21.7. The molecule has 0 saturated carbocycles. The maximum absolute atomic E-state index is 12.8. The highest BCUT2D eigenvalue weighted by Gasteiger charge is 2.24. The Morgan fingerprint density at radius 3 is 2.17 bits per heavy atom. The molecule has 0 aliphatic rings. The zero-order valence-corrected chi connectivity index (χ0v) is 17.5. The summed E-state index contributed by atoms with van der Waals surface area (Å²) in [6.45, 7) is 5.33. The van der Waals surface area contributed by atoms with Crippen LogP contribution in [0, 0.1) is 0 Å². The number of hydrogen-bond donors (Lipinski definition) is 2. The van der Waals surface area contributed by atoms with Crippen LogP contribution < -0.4 is 10.0 Å². The van der Waals surface area contributed by atoms with E-state index in [0.717, 1.165) is 12.2 Å². The number of sulfonamides is 1. The molecule has 154 valence electrons. The highest BCUT2D eigenvalue weighted by Crippen LogP contribution is 2.29. The fourth-order valence-corrected chi connectivity index (χ4v) is 4.18. The first kappa shape index (κ1) is 22.3. The van der Waals surface area contributed by atoms with Gasteiger partial charge < -0.3 is 10.1 Å². The minimum atomic E-state index is -3.72. The molecule has 0 fully saturated rings. The molecule has 0 aliphatic heterocycles. The van der Waals surface area contributed by atoms with Gasteiger partial charge in [-0.15, -0.1) is 0 Å². The van der Waals surface area contributed by atoms with E-state index in [-0.39, 0.29) is 4.90 Å². The van der Waals surface area contributed by atoms with E-state index in [4.69, 9.17) is 0 Å². The fourth-order valence-electron chi connectivity index (χ4n) is 2.53. The molecule has 0 spiro atoms. The Kier molecular flexibility index (Phi) is 6.94. The summed E-state index contributed by atoms with van der Waals surface area (Å²) in [5.41, 5.74) is 1.12. The second-order valence-corrected chi connectivity index (χ2v) is 8.93. The van der Waals surface area contributed by atoms with E-state index in [1.54, 1.807) is 69.3 Å². The molecule has 2 N–H and O–H groups in total. The van der Waals surface area contributed by atoms with Gasteiger partial charge in [0, 0.05) is 28.9 Å². The van der Waals surface area contributed by atoms with Gasteiger partial charge in [0.05, 0.1) is 12.0 Å². The Labute approximate surface area is 170 Å². The van der Waals surface area contributed by atoms with Gasteiger partial charge in [-0.2, -0.15) is 0 Å².